The highest BCUT2D eigenvalue weighted by atomic mass is 16.5. The Kier molecular flexibility index (Phi) is 6.79. The molecule has 2 rings (SSSR count). The first-order chi connectivity index (χ1) is 9.74. The van der Waals surface area contributed by atoms with Crippen molar-refractivity contribution < 1.29 is 4.74 Å². The van der Waals surface area contributed by atoms with Gasteiger partial charge in [0.05, 0.1) is 6.61 Å². The zero-order chi connectivity index (χ0) is 14.4. The second-order valence-corrected chi connectivity index (χ2v) is 6.82. The predicted octanol–water partition coefficient (Wildman–Crippen LogP) is 2.90. The van der Waals surface area contributed by atoms with Crippen molar-refractivity contribution in [3.63, 3.8) is 0 Å². The topological polar surface area (TPSA) is 24.5 Å². The smallest absolute Gasteiger partial charge is 0.0593 e. The van der Waals surface area contributed by atoms with Gasteiger partial charge in [0, 0.05) is 25.2 Å². The molecule has 2 aliphatic carbocycles. The van der Waals surface area contributed by atoms with Gasteiger partial charge in [-0.2, -0.15) is 0 Å². The normalized spacial score (nSPS) is 30.9. The number of likely N-dealkylation sites (N-methyl/N-ethyl adjacent to an activating group) is 2. The van der Waals surface area contributed by atoms with Crippen molar-refractivity contribution in [3.8, 4) is 0 Å². The molecule has 3 atom stereocenters. The van der Waals surface area contributed by atoms with Gasteiger partial charge >= 0.3 is 0 Å². The molecule has 0 aliphatic heterocycles. The molecule has 0 aromatic carbocycles. The summed E-state index contributed by atoms with van der Waals surface area (Å²) in [6.45, 7) is 8.63. The Hall–Kier alpha value is -0.120. The summed E-state index contributed by atoms with van der Waals surface area (Å²) in [7, 11) is 2.29. The molecule has 20 heavy (non-hydrogen) atoms. The number of rotatable bonds is 9. The molecule has 0 bridgehead atoms. The number of hydrogen-bond acceptors (Lipinski definition) is 3. The molecular formula is C17H34N2O. The number of hydrogen-bond donors (Lipinski definition) is 1. The molecule has 0 aromatic rings. The van der Waals surface area contributed by atoms with E-state index in [1.807, 2.05) is 0 Å². The minimum atomic E-state index is 0.677. The maximum Gasteiger partial charge on any atom is 0.0593 e. The lowest BCUT2D eigenvalue weighted by molar-refractivity contribution is 0.0645. The standard InChI is InChI=1S/C17H34N2O/c1-4-14-8-9-16(18-5-2)17(12-14)19(3)10-11-20-13-15-6-7-15/h14-18H,4-13H2,1-3H3. The summed E-state index contributed by atoms with van der Waals surface area (Å²) in [6.07, 6.45) is 8.20. The van der Waals surface area contributed by atoms with Gasteiger partial charge in [0.1, 0.15) is 0 Å². The molecule has 2 fully saturated rings. The summed E-state index contributed by atoms with van der Waals surface area (Å²) in [5, 5.41) is 3.70. The van der Waals surface area contributed by atoms with E-state index in [9.17, 15) is 0 Å². The van der Waals surface area contributed by atoms with E-state index in [4.69, 9.17) is 4.74 Å². The third-order valence-corrected chi connectivity index (χ3v) is 5.17. The van der Waals surface area contributed by atoms with Crippen molar-refractivity contribution in [2.75, 3.05) is 33.4 Å². The zero-order valence-electron chi connectivity index (χ0n) is 13.7. The summed E-state index contributed by atoms with van der Waals surface area (Å²) >= 11 is 0. The van der Waals surface area contributed by atoms with Gasteiger partial charge in [-0.1, -0.05) is 20.3 Å². The van der Waals surface area contributed by atoms with Crippen LogP contribution in [0.3, 0.4) is 0 Å². The van der Waals surface area contributed by atoms with E-state index in [-0.39, 0.29) is 0 Å². The highest BCUT2D eigenvalue weighted by Gasteiger charge is 2.31. The van der Waals surface area contributed by atoms with Crippen LogP contribution in [0.2, 0.25) is 0 Å². The van der Waals surface area contributed by atoms with Crippen molar-refractivity contribution in [2.45, 2.75) is 64.5 Å². The van der Waals surface area contributed by atoms with E-state index in [1.165, 1.54) is 38.5 Å². The Labute approximate surface area is 125 Å². The number of ether oxygens (including phenoxy) is 1. The van der Waals surface area contributed by atoms with Gasteiger partial charge in [-0.3, -0.25) is 4.90 Å². The molecule has 2 aliphatic rings. The first kappa shape index (κ1) is 16.3. The Balaban J connectivity index is 1.74. The lowest BCUT2D eigenvalue weighted by atomic mass is 9.80. The summed E-state index contributed by atoms with van der Waals surface area (Å²) in [6, 6.07) is 1.37. The fourth-order valence-corrected chi connectivity index (χ4v) is 3.50. The van der Waals surface area contributed by atoms with Gasteiger partial charge in [-0.25, -0.2) is 0 Å². The van der Waals surface area contributed by atoms with Crippen molar-refractivity contribution in [2.24, 2.45) is 11.8 Å². The minimum Gasteiger partial charge on any atom is -0.380 e. The van der Waals surface area contributed by atoms with E-state index < -0.39 is 0 Å². The molecule has 3 unspecified atom stereocenters. The highest BCUT2D eigenvalue weighted by molar-refractivity contribution is 4.90. The summed E-state index contributed by atoms with van der Waals surface area (Å²) < 4.78 is 5.81. The van der Waals surface area contributed by atoms with Gasteiger partial charge in [0.2, 0.25) is 0 Å². The lowest BCUT2D eigenvalue weighted by Crippen LogP contribution is -2.52. The molecule has 0 radical (unpaired) electrons. The Morgan fingerprint density at radius 1 is 1.10 bits per heavy atom. The van der Waals surface area contributed by atoms with Crippen LogP contribution in [0.15, 0.2) is 0 Å². The maximum absolute atomic E-state index is 5.81. The second kappa shape index (κ2) is 8.35. The second-order valence-electron chi connectivity index (χ2n) is 6.82. The zero-order valence-corrected chi connectivity index (χ0v) is 13.7. The molecule has 3 nitrogen and oxygen atoms in total. The van der Waals surface area contributed by atoms with Gasteiger partial charge in [-0.15, -0.1) is 0 Å². The predicted molar refractivity (Wildman–Crippen MR) is 85.1 cm³/mol. The fourth-order valence-electron chi connectivity index (χ4n) is 3.50. The Bertz CT molecular complexity index is 268. The van der Waals surface area contributed by atoms with Crippen LogP contribution in [-0.2, 0) is 4.74 Å². The van der Waals surface area contributed by atoms with Crippen molar-refractivity contribution >= 4 is 0 Å². The van der Waals surface area contributed by atoms with Crippen LogP contribution in [0, 0.1) is 11.8 Å². The highest BCUT2D eigenvalue weighted by Crippen LogP contribution is 2.30. The van der Waals surface area contributed by atoms with Gasteiger partial charge in [-0.05, 0) is 57.5 Å². The lowest BCUT2D eigenvalue weighted by Gasteiger charge is -2.41. The molecule has 1 N–H and O–H groups in total. The third-order valence-electron chi connectivity index (χ3n) is 5.17. The first-order valence-electron chi connectivity index (χ1n) is 8.75. The monoisotopic (exact) mass is 282 g/mol. The maximum atomic E-state index is 5.81. The van der Waals surface area contributed by atoms with Crippen LogP contribution in [-0.4, -0.2) is 50.3 Å². The Morgan fingerprint density at radius 2 is 1.85 bits per heavy atom. The molecule has 0 amide bonds. The molecule has 0 heterocycles. The van der Waals surface area contributed by atoms with Gasteiger partial charge in [0.15, 0.2) is 0 Å². The molecule has 0 saturated heterocycles. The van der Waals surface area contributed by atoms with Crippen LogP contribution in [0.25, 0.3) is 0 Å². The molecule has 3 heteroatoms. The summed E-state index contributed by atoms with van der Waals surface area (Å²) in [5.74, 6) is 1.80. The van der Waals surface area contributed by atoms with E-state index >= 15 is 0 Å². The summed E-state index contributed by atoms with van der Waals surface area (Å²) in [4.78, 5) is 2.54. The van der Waals surface area contributed by atoms with Crippen LogP contribution in [0.1, 0.15) is 52.4 Å². The average Bonchev–Trinajstić information content (AvgIpc) is 3.28. The molecule has 0 aromatic heterocycles. The van der Waals surface area contributed by atoms with Crippen LogP contribution >= 0.6 is 0 Å². The van der Waals surface area contributed by atoms with Crippen molar-refractivity contribution in [1.82, 2.24) is 10.2 Å². The van der Waals surface area contributed by atoms with Crippen LogP contribution in [0.4, 0.5) is 0 Å². The average molecular weight is 282 g/mol. The molecule has 118 valence electrons. The Morgan fingerprint density at radius 3 is 2.50 bits per heavy atom. The van der Waals surface area contributed by atoms with Crippen LogP contribution < -0.4 is 5.32 Å². The van der Waals surface area contributed by atoms with E-state index in [0.717, 1.165) is 38.1 Å². The minimum absolute atomic E-state index is 0.677. The quantitative estimate of drug-likeness (QED) is 0.658. The third kappa shape index (κ3) is 5.01. The SMILES string of the molecule is CCNC1CCC(CC)CC1N(C)CCOCC1CC1. The molecular weight excluding hydrogens is 248 g/mol. The summed E-state index contributed by atoms with van der Waals surface area (Å²) in [5.41, 5.74) is 0. The van der Waals surface area contributed by atoms with E-state index in [2.05, 4.69) is 31.1 Å². The number of nitrogens with one attached hydrogen (secondary N) is 1. The van der Waals surface area contributed by atoms with E-state index in [1.54, 1.807) is 0 Å². The van der Waals surface area contributed by atoms with Crippen LogP contribution in [0.5, 0.6) is 0 Å². The van der Waals surface area contributed by atoms with E-state index in [0.29, 0.717) is 12.1 Å². The first-order valence-corrected chi connectivity index (χ1v) is 8.75. The van der Waals surface area contributed by atoms with Crippen molar-refractivity contribution in [3.05, 3.63) is 0 Å². The van der Waals surface area contributed by atoms with Gasteiger partial charge in [0.25, 0.3) is 0 Å². The number of nitrogens with zero attached hydrogens (tertiary/aromatic N) is 1. The van der Waals surface area contributed by atoms with Crippen molar-refractivity contribution in [1.29, 1.82) is 0 Å². The van der Waals surface area contributed by atoms with Gasteiger partial charge < -0.3 is 10.1 Å². The molecule has 2 saturated carbocycles. The molecule has 0 spiro atoms. The largest absolute Gasteiger partial charge is 0.380 e. The fraction of sp³-hybridized carbons (Fsp3) is 1.00.